The summed E-state index contributed by atoms with van der Waals surface area (Å²) in [6, 6.07) is 10.8. The number of hydrogen-bond acceptors (Lipinski definition) is 4. The molecule has 0 aromatic heterocycles. The SMILES string of the molecule is COC(=O)c1cccc(NC(=O)CC(=O)Nc2ccc(Cl)cc2Cl)c1. The molecule has 2 aromatic carbocycles. The van der Waals surface area contributed by atoms with Crippen LogP contribution >= 0.6 is 23.2 Å². The van der Waals surface area contributed by atoms with Crippen LogP contribution in [0.3, 0.4) is 0 Å². The van der Waals surface area contributed by atoms with Crippen LogP contribution in [0.1, 0.15) is 16.8 Å². The smallest absolute Gasteiger partial charge is 0.337 e. The van der Waals surface area contributed by atoms with E-state index in [0.29, 0.717) is 16.4 Å². The van der Waals surface area contributed by atoms with Crippen molar-refractivity contribution in [2.24, 2.45) is 0 Å². The summed E-state index contributed by atoms with van der Waals surface area (Å²) >= 11 is 11.7. The minimum atomic E-state index is -0.537. The van der Waals surface area contributed by atoms with Crippen molar-refractivity contribution in [3.8, 4) is 0 Å². The maximum Gasteiger partial charge on any atom is 0.337 e. The standard InChI is InChI=1S/C17H14Cl2N2O4/c1-25-17(24)10-3-2-4-12(7-10)20-15(22)9-16(23)21-14-6-5-11(18)8-13(14)19/h2-8H,9H2,1H3,(H,20,22)(H,21,23). The summed E-state index contributed by atoms with van der Waals surface area (Å²) in [7, 11) is 1.26. The Morgan fingerprint density at radius 3 is 2.40 bits per heavy atom. The third-order valence-corrected chi connectivity index (χ3v) is 3.64. The summed E-state index contributed by atoms with van der Waals surface area (Å²) in [5, 5.41) is 5.78. The number of hydrogen-bond donors (Lipinski definition) is 2. The molecule has 2 aromatic rings. The number of carbonyl (C=O) groups is 3. The Morgan fingerprint density at radius 2 is 1.72 bits per heavy atom. The van der Waals surface area contributed by atoms with E-state index in [1.54, 1.807) is 30.3 Å². The Morgan fingerprint density at radius 1 is 1.00 bits per heavy atom. The molecule has 0 atom stereocenters. The van der Waals surface area contributed by atoms with Gasteiger partial charge in [0, 0.05) is 10.7 Å². The topological polar surface area (TPSA) is 84.5 Å². The summed E-state index contributed by atoms with van der Waals surface area (Å²) in [5.41, 5.74) is 1.03. The molecule has 0 heterocycles. The zero-order valence-corrected chi connectivity index (χ0v) is 14.6. The second-order valence-corrected chi connectivity index (χ2v) is 5.81. The van der Waals surface area contributed by atoms with Gasteiger partial charge in [-0.05, 0) is 36.4 Å². The van der Waals surface area contributed by atoms with Crippen molar-refractivity contribution in [2.45, 2.75) is 6.42 Å². The van der Waals surface area contributed by atoms with Crippen LogP contribution in [0.4, 0.5) is 11.4 Å². The van der Waals surface area contributed by atoms with Crippen LogP contribution in [0.25, 0.3) is 0 Å². The first-order valence-electron chi connectivity index (χ1n) is 7.12. The Balaban J connectivity index is 1.95. The predicted molar refractivity (Wildman–Crippen MR) is 96.1 cm³/mol. The molecule has 0 aliphatic rings. The fourth-order valence-corrected chi connectivity index (χ4v) is 2.43. The molecule has 130 valence electrons. The zero-order chi connectivity index (χ0) is 18.4. The second kappa shape index (κ2) is 8.50. The van der Waals surface area contributed by atoms with E-state index in [1.165, 1.54) is 19.2 Å². The maximum atomic E-state index is 12.0. The van der Waals surface area contributed by atoms with Gasteiger partial charge < -0.3 is 15.4 Å². The number of methoxy groups -OCH3 is 1. The summed E-state index contributed by atoms with van der Waals surface area (Å²) < 4.78 is 4.61. The fourth-order valence-electron chi connectivity index (χ4n) is 1.98. The Labute approximate surface area is 154 Å². The number of rotatable bonds is 5. The molecule has 2 amide bonds. The van der Waals surface area contributed by atoms with Crippen LogP contribution in [-0.4, -0.2) is 24.9 Å². The number of esters is 1. The average molecular weight is 381 g/mol. The number of halogens is 2. The minimum Gasteiger partial charge on any atom is -0.465 e. The number of benzene rings is 2. The van der Waals surface area contributed by atoms with E-state index >= 15 is 0 Å². The number of nitrogens with one attached hydrogen (secondary N) is 2. The molecule has 8 heteroatoms. The Hall–Kier alpha value is -2.57. The van der Waals surface area contributed by atoms with Crippen LogP contribution < -0.4 is 10.6 Å². The van der Waals surface area contributed by atoms with E-state index in [0.717, 1.165) is 0 Å². The highest BCUT2D eigenvalue weighted by atomic mass is 35.5. The van der Waals surface area contributed by atoms with Gasteiger partial charge in [-0.2, -0.15) is 0 Å². The number of ether oxygens (including phenoxy) is 1. The molecular weight excluding hydrogens is 367 g/mol. The number of anilines is 2. The summed E-state index contributed by atoms with van der Waals surface area (Å²) in [6.07, 6.45) is -0.415. The van der Waals surface area contributed by atoms with Gasteiger partial charge in [-0.3, -0.25) is 9.59 Å². The highest BCUT2D eigenvalue weighted by Crippen LogP contribution is 2.25. The molecule has 6 nitrogen and oxygen atoms in total. The highest BCUT2D eigenvalue weighted by Gasteiger charge is 2.13. The van der Waals surface area contributed by atoms with Crippen LogP contribution in [-0.2, 0) is 14.3 Å². The van der Waals surface area contributed by atoms with Crippen LogP contribution in [0.5, 0.6) is 0 Å². The second-order valence-electron chi connectivity index (χ2n) is 4.97. The first-order chi connectivity index (χ1) is 11.9. The lowest BCUT2D eigenvalue weighted by atomic mass is 10.2. The Kier molecular flexibility index (Phi) is 6.38. The minimum absolute atomic E-state index is 0.270. The quantitative estimate of drug-likeness (QED) is 0.610. The fraction of sp³-hybridized carbons (Fsp3) is 0.118. The summed E-state index contributed by atoms with van der Waals surface area (Å²) in [6.45, 7) is 0. The number of amides is 2. The highest BCUT2D eigenvalue weighted by molar-refractivity contribution is 6.36. The maximum absolute atomic E-state index is 12.0. The van der Waals surface area contributed by atoms with E-state index in [9.17, 15) is 14.4 Å². The lowest BCUT2D eigenvalue weighted by molar-refractivity contribution is -0.123. The van der Waals surface area contributed by atoms with Crippen LogP contribution in [0.2, 0.25) is 10.0 Å². The zero-order valence-electron chi connectivity index (χ0n) is 13.1. The molecule has 2 N–H and O–H groups in total. The van der Waals surface area contributed by atoms with Crippen molar-refractivity contribution in [3.05, 3.63) is 58.1 Å². The van der Waals surface area contributed by atoms with E-state index < -0.39 is 24.2 Å². The van der Waals surface area contributed by atoms with Gasteiger partial charge in [0.2, 0.25) is 11.8 Å². The molecule has 0 radical (unpaired) electrons. The number of carbonyl (C=O) groups excluding carboxylic acids is 3. The van der Waals surface area contributed by atoms with Gasteiger partial charge in [0.25, 0.3) is 0 Å². The van der Waals surface area contributed by atoms with Crippen molar-refractivity contribution < 1.29 is 19.1 Å². The predicted octanol–water partition coefficient (Wildman–Crippen LogP) is 3.75. The molecule has 0 aliphatic carbocycles. The van der Waals surface area contributed by atoms with Gasteiger partial charge in [-0.25, -0.2) is 4.79 Å². The van der Waals surface area contributed by atoms with E-state index in [4.69, 9.17) is 23.2 Å². The normalized spacial score (nSPS) is 10.0. The van der Waals surface area contributed by atoms with Gasteiger partial charge >= 0.3 is 5.97 Å². The van der Waals surface area contributed by atoms with Crippen molar-refractivity contribution >= 4 is 52.4 Å². The van der Waals surface area contributed by atoms with E-state index in [2.05, 4.69) is 15.4 Å². The van der Waals surface area contributed by atoms with E-state index in [1.807, 2.05) is 0 Å². The van der Waals surface area contributed by atoms with Crippen molar-refractivity contribution in [2.75, 3.05) is 17.7 Å². The molecular formula is C17H14Cl2N2O4. The average Bonchev–Trinajstić information content (AvgIpc) is 2.56. The summed E-state index contributed by atoms with van der Waals surface area (Å²) in [5.74, 6) is -1.60. The Bertz CT molecular complexity index is 824. The van der Waals surface area contributed by atoms with Gasteiger partial charge in [-0.1, -0.05) is 29.3 Å². The van der Waals surface area contributed by atoms with Gasteiger partial charge in [-0.15, -0.1) is 0 Å². The lowest BCUT2D eigenvalue weighted by Crippen LogP contribution is -2.21. The first-order valence-corrected chi connectivity index (χ1v) is 7.88. The van der Waals surface area contributed by atoms with Crippen LogP contribution in [0, 0.1) is 0 Å². The monoisotopic (exact) mass is 380 g/mol. The molecule has 0 unspecified atom stereocenters. The van der Waals surface area contributed by atoms with Crippen molar-refractivity contribution in [1.82, 2.24) is 0 Å². The first kappa shape index (κ1) is 18.8. The molecule has 0 spiro atoms. The van der Waals surface area contributed by atoms with Crippen LogP contribution in [0.15, 0.2) is 42.5 Å². The molecule has 2 rings (SSSR count). The third-order valence-electron chi connectivity index (χ3n) is 3.09. The van der Waals surface area contributed by atoms with Crippen molar-refractivity contribution in [3.63, 3.8) is 0 Å². The lowest BCUT2D eigenvalue weighted by Gasteiger charge is -2.09. The summed E-state index contributed by atoms with van der Waals surface area (Å²) in [4.78, 5) is 35.4. The molecule has 0 aliphatic heterocycles. The van der Waals surface area contributed by atoms with Crippen molar-refractivity contribution in [1.29, 1.82) is 0 Å². The molecule has 25 heavy (non-hydrogen) atoms. The molecule has 0 saturated carbocycles. The third kappa shape index (κ3) is 5.48. The van der Waals surface area contributed by atoms with Gasteiger partial charge in [0.1, 0.15) is 6.42 Å². The van der Waals surface area contributed by atoms with E-state index in [-0.39, 0.29) is 10.6 Å². The molecule has 0 bridgehead atoms. The largest absolute Gasteiger partial charge is 0.465 e. The van der Waals surface area contributed by atoms with Gasteiger partial charge in [0.05, 0.1) is 23.4 Å². The molecule has 0 saturated heterocycles. The molecule has 0 fully saturated rings. The van der Waals surface area contributed by atoms with Gasteiger partial charge in [0.15, 0.2) is 0 Å².